The molecule has 0 unspecified atom stereocenters. The molecule has 4 rings (SSSR count). The lowest BCUT2D eigenvalue weighted by atomic mass is 10.1. The van der Waals surface area contributed by atoms with E-state index in [1.807, 2.05) is 60.7 Å². The number of benzene rings is 3. The predicted octanol–water partition coefficient (Wildman–Crippen LogP) is 3.17. The average Bonchev–Trinajstić information content (AvgIpc) is 3.23. The Labute approximate surface area is 209 Å². The molecule has 36 heavy (non-hydrogen) atoms. The number of rotatable bonds is 10. The monoisotopic (exact) mass is 485 g/mol. The first-order valence-electron chi connectivity index (χ1n) is 11.7. The number of nitrogens with one attached hydrogen (secondary N) is 1. The van der Waals surface area contributed by atoms with Crippen LogP contribution < -0.4 is 5.32 Å². The number of amides is 4. The molecule has 8 heteroatoms. The number of carbonyl (C=O) groups excluding carboxylic acids is 4. The molecule has 0 aliphatic carbocycles. The minimum Gasteiger partial charge on any atom is -0.452 e. The molecule has 1 aliphatic heterocycles. The summed E-state index contributed by atoms with van der Waals surface area (Å²) in [6.07, 6.45) is 0.679. The topological polar surface area (TPSA) is 96.0 Å². The van der Waals surface area contributed by atoms with Crippen molar-refractivity contribution in [2.45, 2.75) is 19.5 Å². The van der Waals surface area contributed by atoms with Crippen molar-refractivity contribution in [3.63, 3.8) is 0 Å². The van der Waals surface area contributed by atoms with Gasteiger partial charge in [0, 0.05) is 13.1 Å². The molecule has 0 radical (unpaired) electrons. The van der Waals surface area contributed by atoms with Gasteiger partial charge in [-0.15, -0.1) is 0 Å². The number of hydrogen-bond donors (Lipinski definition) is 1. The van der Waals surface area contributed by atoms with Crippen molar-refractivity contribution in [3.05, 3.63) is 107 Å². The van der Waals surface area contributed by atoms with Gasteiger partial charge in [0.25, 0.3) is 5.91 Å². The molecule has 3 aromatic rings. The molecule has 0 aromatic heterocycles. The number of esters is 1. The fourth-order valence-electron chi connectivity index (χ4n) is 3.90. The smallest absolute Gasteiger partial charge is 0.338 e. The Balaban J connectivity index is 1.37. The molecule has 1 N–H and O–H groups in total. The highest BCUT2D eigenvalue weighted by atomic mass is 16.5. The Morgan fingerprint density at radius 2 is 1.53 bits per heavy atom. The van der Waals surface area contributed by atoms with Gasteiger partial charge in [0.2, 0.25) is 5.91 Å². The maximum Gasteiger partial charge on any atom is 0.338 e. The van der Waals surface area contributed by atoms with E-state index in [9.17, 15) is 19.2 Å². The van der Waals surface area contributed by atoms with Gasteiger partial charge in [-0.05, 0) is 35.2 Å². The Kier molecular flexibility index (Phi) is 8.08. The second kappa shape index (κ2) is 11.8. The zero-order valence-corrected chi connectivity index (χ0v) is 19.8. The van der Waals surface area contributed by atoms with Gasteiger partial charge in [0.1, 0.15) is 0 Å². The third-order valence-electron chi connectivity index (χ3n) is 5.85. The number of carbonyl (C=O) groups is 4. The predicted molar refractivity (Wildman–Crippen MR) is 133 cm³/mol. The van der Waals surface area contributed by atoms with E-state index in [1.54, 1.807) is 29.2 Å². The van der Waals surface area contributed by atoms with Crippen LogP contribution in [0.4, 0.5) is 4.79 Å². The SMILES string of the molecule is O=C(OCC(=O)N(CCc1ccccc1)Cc1ccccc1)c1cccc(CN2C(=O)CNC2=O)c1. The zero-order chi connectivity index (χ0) is 25.3. The van der Waals surface area contributed by atoms with E-state index in [0.29, 0.717) is 25.1 Å². The number of urea groups is 1. The number of imide groups is 1. The summed E-state index contributed by atoms with van der Waals surface area (Å²) in [5.41, 5.74) is 2.95. The average molecular weight is 486 g/mol. The molecular weight excluding hydrogens is 458 g/mol. The van der Waals surface area contributed by atoms with Crippen LogP contribution in [0.3, 0.4) is 0 Å². The third kappa shape index (κ3) is 6.56. The summed E-state index contributed by atoms with van der Waals surface area (Å²) in [6.45, 7) is 0.515. The molecule has 3 aromatic carbocycles. The van der Waals surface area contributed by atoms with E-state index in [1.165, 1.54) is 0 Å². The van der Waals surface area contributed by atoms with Crippen LogP contribution in [-0.2, 0) is 33.8 Å². The molecule has 184 valence electrons. The lowest BCUT2D eigenvalue weighted by Gasteiger charge is -2.23. The Bertz CT molecular complexity index is 1210. The zero-order valence-electron chi connectivity index (χ0n) is 19.8. The van der Waals surface area contributed by atoms with Gasteiger partial charge in [-0.2, -0.15) is 0 Å². The van der Waals surface area contributed by atoms with E-state index in [0.717, 1.165) is 16.0 Å². The molecule has 1 aliphatic rings. The summed E-state index contributed by atoms with van der Waals surface area (Å²) in [4.78, 5) is 52.1. The molecule has 1 fully saturated rings. The maximum absolute atomic E-state index is 13.0. The first-order valence-corrected chi connectivity index (χ1v) is 11.7. The molecule has 0 spiro atoms. The standard InChI is InChI=1S/C28H27N3O5/c32-25-17-29-28(35)31(25)19-23-12-7-13-24(16-23)27(34)36-20-26(33)30(18-22-10-5-2-6-11-22)15-14-21-8-3-1-4-9-21/h1-13,16H,14-15,17-20H2,(H,29,35). The molecular formula is C28H27N3O5. The van der Waals surface area contributed by atoms with E-state index < -0.39 is 18.6 Å². The van der Waals surface area contributed by atoms with Gasteiger partial charge >= 0.3 is 12.0 Å². The summed E-state index contributed by atoms with van der Waals surface area (Å²) in [5.74, 6) is -1.27. The van der Waals surface area contributed by atoms with Crippen molar-refractivity contribution in [1.29, 1.82) is 0 Å². The van der Waals surface area contributed by atoms with Crippen LogP contribution in [0.2, 0.25) is 0 Å². The Hall–Kier alpha value is -4.46. The van der Waals surface area contributed by atoms with Crippen molar-refractivity contribution >= 4 is 23.8 Å². The van der Waals surface area contributed by atoms with E-state index in [2.05, 4.69) is 5.32 Å². The van der Waals surface area contributed by atoms with Crippen molar-refractivity contribution in [3.8, 4) is 0 Å². The quantitative estimate of drug-likeness (QED) is 0.352. The van der Waals surface area contributed by atoms with Crippen molar-refractivity contribution in [1.82, 2.24) is 15.1 Å². The van der Waals surface area contributed by atoms with Crippen molar-refractivity contribution < 1.29 is 23.9 Å². The summed E-state index contributed by atoms with van der Waals surface area (Å²) in [5, 5.41) is 2.46. The molecule has 0 bridgehead atoms. The number of ether oxygens (including phenoxy) is 1. The lowest BCUT2D eigenvalue weighted by molar-refractivity contribution is -0.135. The van der Waals surface area contributed by atoms with E-state index >= 15 is 0 Å². The third-order valence-corrected chi connectivity index (χ3v) is 5.85. The fraction of sp³-hybridized carbons (Fsp3) is 0.214. The highest BCUT2D eigenvalue weighted by molar-refractivity contribution is 6.01. The second-order valence-corrected chi connectivity index (χ2v) is 8.45. The molecule has 0 saturated carbocycles. The van der Waals surface area contributed by atoms with Crippen LogP contribution in [0.15, 0.2) is 84.9 Å². The fourth-order valence-corrected chi connectivity index (χ4v) is 3.90. The van der Waals surface area contributed by atoms with Crippen LogP contribution in [0, 0.1) is 0 Å². The van der Waals surface area contributed by atoms with Crippen molar-refractivity contribution in [2.24, 2.45) is 0 Å². The van der Waals surface area contributed by atoms with Gasteiger partial charge < -0.3 is 15.0 Å². The minimum atomic E-state index is -0.648. The van der Waals surface area contributed by atoms with Crippen molar-refractivity contribution in [2.75, 3.05) is 19.7 Å². The maximum atomic E-state index is 13.0. The summed E-state index contributed by atoms with van der Waals surface area (Å²) >= 11 is 0. The van der Waals surface area contributed by atoms with Gasteiger partial charge in [0.15, 0.2) is 6.61 Å². The minimum absolute atomic E-state index is 0.0353. The first kappa shape index (κ1) is 24.7. The lowest BCUT2D eigenvalue weighted by Crippen LogP contribution is -2.36. The second-order valence-electron chi connectivity index (χ2n) is 8.45. The summed E-state index contributed by atoms with van der Waals surface area (Å²) in [7, 11) is 0. The highest BCUT2D eigenvalue weighted by Gasteiger charge is 2.28. The van der Waals surface area contributed by atoms with Crippen LogP contribution in [0.5, 0.6) is 0 Å². The molecule has 4 amide bonds. The van der Waals surface area contributed by atoms with Gasteiger partial charge in [0.05, 0.1) is 18.7 Å². The molecule has 1 heterocycles. The largest absolute Gasteiger partial charge is 0.452 e. The highest BCUT2D eigenvalue weighted by Crippen LogP contribution is 2.13. The summed E-state index contributed by atoms with van der Waals surface area (Å²) in [6, 6.07) is 25.6. The van der Waals surface area contributed by atoms with Crippen LogP contribution in [0.1, 0.15) is 27.0 Å². The number of nitrogens with zero attached hydrogens (tertiary/aromatic N) is 2. The van der Waals surface area contributed by atoms with Crippen LogP contribution in [0.25, 0.3) is 0 Å². The first-order chi connectivity index (χ1) is 17.5. The molecule has 1 saturated heterocycles. The normalized spacial score (nSPS) is 12.8. The van der Waals surface area contributed by atoms with E-state index in [4.69, 9.17) is 4.74 Å². The Morgan fingerprint density at radius 1 is 0.861 bits per heavy atom. The van der Waals surface area contributed by atoms with Crippen LogP contribution >= 0.6 is 0 Å². The van der Waals surface area contributed by atoms with E-state index in [-0.39, 0.29) is 30.5 Å². The van der Waals surface area contributed by atoms with Crippen LogP contribution in [-0.4, -0.2) is 53.3 Å². The van der Waals surface area contributed by atoms with Gasteiger partial charge in [-0.1, -0.05) is 72.8 Å². The summed E-state index contributed by atoms with van der Waals surface area (Å²) < 4.78 is 5.34. The number of hydrogen-bond acceptors (Lipinski definition) is 5. The molecule has 0 atom stereocenters. The van der Waals surface area contributed by atoms with Gasteiger partial charge in [-0.25, -0.2) is 9.59 Å². The Morgan fingerprint density at radius 3 is 2.19 bits per heavy atom. The van der Waals surface area contributed by atoms with Gasteiger partial charge in [-0.3, -0.25) is 14.5 Å². The molecule has 8 nitrogen and oxygen atoms in total.